The Labute approximate surface area is 150 Å². The van der Waals surface area contributed by atoms with E-state index in [2.05, 4.69) is 10.4 Å². The molecule has 0 aliphatic heterocycles. The van der Waals surface area contributed by atoms with E-state index in [0.29, 0.717) is 10.7 Å². The van der Waals surface area contributed by atoms with Crippen LogP contribution < -0.4 is 5.32 Å². The van der Waals surface area contributed by atoms with Crippen molar-refractivity contribution in [2.45, 2.75) is 18.7 Å². The third-order valence-electron chi connectivity index (χ3n) is 3.57. The summed E-state index contributed by atoms with van der Waals surface area (Å²) in [6.07, 6.45) is 0. The molecule has 0 saturated heterocycles. The Kier molecular flexibility index (Phi) is 5.19. The quantitative estimate of drug-likeness (QED) is 0.692. The van der Waals surface area contributed by atoms with E-state index in [-0.39, 0.29) is 17.5 Å². The van der Waals surface area contributed by atoms with E-state index < -0.39 is 0 Å². The monoisotopic (exact) mass is 355 g/mol. The number of halogens is 1. The third kappa shape index (κ3) is 4.28. The van der Waals surface area contributed by atoms with Gasteiger partial charge < -0.3 is 5.32 Å². The lowest BCUT2D eigenvalue weighted by Gasteiger charge is -2.09. The molecule has 25 heavy (non-hydrogen) atoms. The zero-order chi connectivity index (χ0) is 17.8. The smallest absolute Gasteiger partial charge is 0.235 e. The van der Waals surface area contributed by atoms with Crippen LogP contribution in [0.4, 0.5) is 10.2 Å². The molecule has 0 bridgehead atoms. The molecule has 3 aromatic rings. The molecule has 6 heteroatoms. The number of nitrogens with one attached hydrogen (secondary N) is 1. The Balaban J connectivity index is 1.71. The lowest BCUT2D eigenvalue weighted by atomic mass is 10.2. The van der Waals surface area contributed by atoms with Crippen LogP contribution >= 0.6 is 11.8 Å². The van der Waals surface area contributed by atoms with Gasteiger partial charge in [0.15, 0.2) is 0 Å². The number of hydrogen-bond donors (Lipinski definition) is 1. The number of anilines is 1. The third-order valence-corrected chi connectivity index (χ3v) is 4.62. The zero-order valence-electron chi connectivity index (χ0n) is 14.0. The number of amides is 1. The maximum Gasteiger partial charge on any atom is 0.235 e. The van der Waals surface area contributed by atoms with Crippen LogP contribution in [0.15, 0.2) is 59.5 Å². The van der Waals surface area contributed by atoms with E-state index >= 15 is 0 Å². The van der Waals surface area contributed by atoms with Gasteiger partial charge in [0.1, 0.15) is 11.6 Å². The molecule has 128 valence electrons. The number of benzene rings is 2. The van der Waals surface area contributed by atoms with E-state index in [1.807, 2.05) is 44.2 Å². The molecule has 2 aromatic carbocycles. The van der Waals surface area contributed by atoms with Crippen LogP contribution in [0.3, 0.4) is 0 Å². The zero-order valence-corrected chi connectivity index (χ0v) is 14.8. The maximum atomic E-state index is 13.6. The Morgan fingerprint density at radius 1 is 1.16 bits per heavy atom. The second-order valence-electron chi connectivity index (χ2n) is 5.69. The normalized spacial score (nSPS) is 10.7. The van der Waals surface area contributed by atoms with Gasteiger partial charge in [0.25, 0.3) is 0 Å². The fraction of sp³-hybridized carbons (Fsp3) is 0.158. The molecule has 0 unspecified atom stereocenters. The molecular formula is C19H18FN3OS. The first-order valence-corrected chi connectivity index (χ1v) is 8.82. The Bertz CT molecular complexity index is 890. The molecule has 0 saturated carbocycles. The van der Waals surface area contributed by atoms with Gasteiger partial charge in [-0.1, -0.05) is 29.8 Å². The topological polar surface area (TPSA) is 46.9 Å². The molecule has 0 atom stereocenters. The number of rotatable bonds is 5. The van der Waals surface area contributed by atoms with E-state index in [1.54, 1.807) is 22.9 Å². The largest absolute Gasteiger partial charge is 0.310 e. The van der Waals surface area contributed by atoms with Gasteiger partial charge in [0, 0.05) is 11.0 Å². The van der Waals surface area contributed by atoms with Crippen LogP contribution in [0.2, 0.25) is 0 Å². The lowest BCUT2D eigenvalue weighted by molar-refractivity contribution is -0.113. The van der Waals surface area contributed by atoms with Crippen molar-refractivity contribution >= 4 is 23.5 Å². The van der Waals surface area contributed by atoms with Crippen LogP contribution in [-0.2, 0) is 4.79 Å². The Morgan fingerprint density at radius 3 is 2.60 bits per heavy atom. The van der Waals surface area contributed by atoms with E-state index in [9.17, 15) is 9.18 Å². The second kappa shape index (κ2) is 7.53. The minimum absolute atomic E-state index is 0.124. The highest BCUT2D eigenvalue weighted by atomic mass is 32.2. The van der Waals surface area contributed by atoms with Gasteiger partial charge in [-0.25, -0.2) is 9.07 Å². The second-order valence-corrected chi connectivity index (χ2v) is 6.70. The number of hydrogen-bond acceptors (Lipinski definition) is 3. The summed E-state index contributed by atoms with van der Waals surface area (Å²) in [7, 11) is 0. The molecule has 1 heterocycles. The van der Waals surface area contributed by atoms with Crippen molar-refractivity contribution in [3.05, 3.63) is 71.7 Å². The van der Waals surface area contributed by atoms with Gasteiger partial charge >= 0.3 is 0 Å². The van der Waals surface area contributed by atoms with Crippen molar-refractivity contribution in [1.29, 1.82) is 0 Å². The van der Waals surface area contributed by atoms with Gasteiger partial charge in [-0.2, -0.15) is 5.10 Å². The highest BCUT2D eigenvalue weighted by Crippen LogP contribution is 2.22. The average molecular weight is 355 g/mol. The number of aromatic nitrogens is 2. The van der Waals surface area contributed by atoms with Gasteiger partial charge in [-0.15, -0.1) is 11.8 Å². The number of aryl methyl sites for hydroxylation is 2. The summed E-state index contributed by atoms with van der Waals surface area (Å²) in [4.78, 5) is 12.7. The number of carbonyl (C=O) groups excluding carboxylic acids is 1. The van der Waals surface area contributed by atoms with Gasteiger partial charge in [-0.3, -0.25) is 4.79 Å². The summed E-state index contributed by atoms with van der Waals surface area (Å²) < 4.78 is 15.3. The first-order valence-electron chi connectivity index (χ1n) is 7.84. The standard InChI is InChI=1S/C19H18FN3OS/c1-13-7-9-15(10-8-13)23-18(11-14(2)22-23)21-19(24)12-25-17-6-4-3-5-16(17)20/h3-11H,12H2,1-2H3,(H,21,24). The Morgan fingerprint density at radius 2 is 1.88 bits per heavy atom. The molecule has 0 aliphatic rings. The molecule has 1 N–H and O–H groups in total. The van der Waals surface area contributed by atoms with Crippen molar-refractivity contribution < 1.29 is 9.18 Å². The summed E-state index contributed by atoms with van der Waals surface area (Å²) in [5.74, 6) is 0.196. The van der Waals surface area contributed by atoms with E-state index in [0.717, 1.165) is 16.9 Å². The van der Waals surface area contributed by atoms with Gasteiger partial charge in [-0.05, 0) is 38.1 Å². The first kappa shape index (κ1) is 17.2. The number of thioether (sulfide) groups is 1. The van der Waals surface area contributed by atoms with Crippen LogP contribution in [0.25, 0.3) is 5.69 Å². The minimum Gasteiger partial charge on any atom is -0.310 e. The molecule has 1 aromatic heterocycles. The molecule has 0 aliphatic carbocycles. The Hall–Kier alpha value is -2.60. The van der Waals surface area contributed by atoms with Crippen molar-refractivity contribution in [1.82, 2.24) is 9.78 Å². The van der Waals surface area contributed by atoms with Crippen molar-refractivity contribution in [2.75, 3.05) is 11.1 Å². The fourth-order valence-electron chi connectivity index (χ4n) is 2.36. The number of carbonyl (C=O) groups is 1. The van der Waals surface area contributed by atoms with Crippen molar-refractivity contribution in [3.63, 3.8) is 0 Å². The average Bonchev–Trinajstić information content (AvgIpc) is 2.95. The predicted molar refractivity (Wildman–Crippen MR) is 98.8 cm³/mol. The molecule has 1 amide bonds. The minimum atomic E-state index is -0.319. The summed E-state index contributed by atoms with van der Waals surface area (Å²) in [6, 6.07) is 16.1. The van der Waals surface area contributed by atoms with E-state index in [1.165, 1.54) is 17.8 Å². The van der Waals surface area contributed by atoms with Crippen molar-refractivity contribution in [3.8, 4) is 5.69 Å². The molecule has 0 fully saturated rings. The summed E-state index contributed by atoms with van der Waals surface area (Å²) >= 11 is 1.17. The molecule has 3 rings (SSSR count). The van der Waals surface area contributed by atoms with Crippen LogP contribution in [0.1, 0.15) is 11.3 Å². The SMILES string of the molecule is Cc1ccc(-n2nc(C)cc2NC(=O)CSc2ccccc2F)cc1. The maximum absolute atomic E-state index is 13.6. The molecule has 4 nitrogen and oxygen atoms in total. The van der Waals surface area contributed by atoms with E-state index in [4.69, 9.17) is 0 Å². The molecule has 0 spiro atoms. The predicted octanol–water partition coefficient (Wildman–Crippen LogP) is 4.36. The lowest BCUT2D eigenvalue weighted by Crippen LogP contribution is -2.17. The van der Waals surface area contributed by atoms with Crippen LogP contribution in [0, 0.1) is 19.7 Å². The highest BCUT2D eigenvalue weighted by Gasteiger charge is 2.12. The fourth-order valence-corrected chi connectivity index (χ4v) is 3.09. The van der Waals surface area contributed by atoms with Gasteiger partial charge in [0.2, 0.25) is 5.91 Å². The summed E-state index contributed by atoms with van der Waals surface area (Å²) in [5, 5.41) is 7.28. The summed E-state index contributed by atoms with van der Waals surface area (Å²) in [6.45, 7) is 3.88. The van der Waals surface area contributed by atoms with Crippen LogP contribution in [-0.4, -0.2) is 21.4 Å². The van der Waals surface area contributed by atoms with Crippen LogP contribution in [0.5, 0.6) is 0 Å². The number of nitrogens with zero attached hydrogens (tertiary/aromatic N) is 2. The molecular weight excluding hydrogens is 337 g/mol. The highest BCUT2D eigenvalue weighted by molar-refractivity contribution is 8.00. The molecule has 0 radical (unpaired) electrons. The summed E-state index contributed by atoms with van der Waals surface area (Å²) in [5.41, 5.74) is 2.83. The van der Waals surface area contributed by atoms with Gasteiger partial charge in [0.05, 0.1) is 17.1 Å². The first-order chi connectivity index (χ1) is 12.0. The van der Waals surface area contributed by atoms with Crippen molar-refractivity contribution in [2.24, 2.45) is 0 Å².